The van der Waals surface area contributed by atoms with Gasteiger partial charge in [0.15, 0.2) is 5.82 Å². The van der Waals surface area contributed by atoms with Gasteiger partial charge >= 0.3 is 0 Å². The molecule has 0 bridgehead atoms. The monoisotopic (exact) mass is 524 g/mol. The second-order valence-electron chi connectivity index (χ2n) is 9.43. The number of nitrogens with zero attached hydrogens (tertiary/aromatic N) is 5. The Kier molecular flexibility index (Phi) is 7.98. The Bertz CT molecular complexity index is 1580. The van der Waals surface area contributed by atoms with Crippen molar-refractivity contribution in [3.8, 4) is 11.5 Å². The van der Waals surface area contributed by atoms with Crippen molar-refractivity contribution in [2.75, 3.05) is 14.2 Å². The molecule has 2 heterocycles. The topological polar surface area (TPSA) is 98.2 Å². The smallest absolute Gasteiger partial charge is 0.252 e. The maximum atomic E-state index is 13.2. The summed E-state index contributed by atoms with van der Waals surface area (Å²) >= 11 is 0. The van der Waals surface area contributed by atoms with Gasteiger partial charge in [-0.25, -0.2) is 4.68 Å². The number of fused-ring (bicyclic) bond motifs is 1. The molecule has 0 aliphatic rings. The van der Waals surface area contributed by atoms with Gasteiger partial charge < -0.3 is 14.5 Å². The van der Waals surface area contributed by atoms with Gasteiger partial charge in [0.25, 0.3) is 5.56 Å². The molecule has 9 nitrogen and oxygen atoms in total. The first-order valence-corrected chi connectivity index (χ1v) is 12.9. The summed E-state index contributed by atoms with van der Waals surface area (Å²) in [5, 5.41) is 13.7. The molecule has 0 spiro atoms. The van der Waals surface area contributed by atoms with Crippen LogP contribution >= 0.6 is 0 Å². The number of hydrogen-bond donors (Lipinski definition) is 1. The lowest BCUT2D eigenvalue weighted by molar-refractivity contribution is 0.161. The Morgan fingerprint density at radius 1 is 0.897 bits per heavy atom. The molecule has 0 amide bonds. The number of hydrogen-bond acceptors (Lipinski definition) is 7. The molecular weight excluding hydrogens is 492 g/mol. The van der Waals surface area contributed by atoms with Crippen LogP contribution in [0.5, 0.6) is 11.5 Å². The van der Waals surface area contributed by atoms with E-state index >= 15 is 0 Å². The fourth-order valence-corrected chi connectivity index (χ4v) is 4.86. The van der Waals surface area contributed by atoms with Crippen molar-refractivity contribution in [2.45, 2.75) is 39.0 Å². The van der Waals surface area contributed by atoms with Crippen LogP contribution in [0.2, 0.25) is 0 Å². The van der Waals surface area contributed by atoms with Gasteiger partial charge in [-0.15, -0.1) is 5.10 Å². The Labute approximate surface area is 227 Å². The number of benzene rings is 3. The van der Waals surface area contributed by atoms with E-state index in [-0.39, 0.29) is 11.6 Å². The van der Waals surface area contributed by atoms with Crippen LogP contribution in [-0.2, 0) is 19.6 Å². The SMILES string of the molecule is CC[C@@H](c1nnnn1Cc1ccc(OC)cc1)N(Cc1ccccc1)Cc1cc2cc(OC)ccc2[nH]c1=O. The first-order valence-electron chi connectivity index (χ1n) is 12.9. The molecule has 3 aromatic carbocycles. The normalized spacial score (nSPS) is 12.1. The van der Waals surface area contributed by atoms with Gasteiger partial charge in [0, 0.05) is 29.6 Å². The van der Waals surface area contributed by atoms with Gasteiger partial charge in [0.2, 0.25) is 0 Å². The summed E-state index contributed by atoms with van der Waals surface area (Å²) in [5.41, 5.74) is 3.53. The zero-order valence-electron chi connectivity index (χ0n) is 22.4. The van der Waals surface area contributed by atoms with E-state index in [2.05, 4.69) is 44.5 Å². The van der Waals surface area contributed by atoms with E-state index in [1.165, 1.54) is 0 Å². The highest BCUT2D eigenvalue weighted by Gasteiger charge is 2.26. The number of aromatic nitrogens is 5. The van der Waals surface area contributed by atoms with Gasteiger partial charge in [-0.05, 0) is 64.4 Å². The molecule has 200 valence electrons. The molecule has 5 rings (SSSR count). The van der Waals surface area contributed by atoms with Crippen molar-refractivity contribution < 1.29 is 9.47 Å². The quantitative estimate of drug-likeness (QED) is 0.267. The number of methoxy groups -OCH3 is 2. The highest BCUT2D eigenvalue weighted by molar-refractivity contribution is 5.80. The largest absolute Gasteiger partial charge is 0.497 e. The molecule has 1 atom stereocenters. The maximum absolute atomic E-state index is 13.2. The van der Waals surface area contributed by atoms with Crippen molar-refractivity contribution in [2.24, 2.45) is 0 Å². The molecule has 0 aliphatic carbocycles. The molecule has 0 radical (unpaired) electrons. The fraction of sp³-hybridized carbons (Fsp3) is 0.267. The lowest BCUT2D eigenvalue weighted by Crippen LogP contribution is -2.32. The zero-order chi connectivity index (χ0) is 27.2. The third-order valence-electron chi connectivity index (χ3n) is 6.91. The molecule has 2 aromatic heterocycles. The third-order valence-corrected chi connectivity index (χ3v) is 6.91. The van der Waals surface area contributed by atoms with Gasteiger partial charge in [0.1, 0.15) is 11.5 Å². The molecule has 5 aromatic rings. The summed E-state index contributed by atoms with van der Waals surface area (Å²) < 4.78 is 12.5. The van der Waals surface area contributed by atoms with E-state index in [1.807, 2.05) is 71.4 Å². The fourth-order valence-electron chi connectivity index (χ4n) is 4.86. The van der Waals surface area contributed by atoms with Crippen molar-refractivity contribution in [1.82, 2.24) is 30.1 Å². The number of rotatable bonds is 11. The first kappa shape index (κ1) is 26.1. The first-order chi connectivity index (χ1) is 19.1. The molecule has 0 aliphatic heterocycles. The molecule has 1 N–H and O–H groups in total. The van der Waals surface area contributed by atoms with E-state index in [9.17, 15) is 4.79 Å². The second kappa shape index (κ2) is 11.9. The molecule has 0 saturated heterocycles. The van der Waals surface area contributed by atoms with Crippen LogP contribution in [-0.4, -0.2) is 44.3 Å². The third kappa shape index (κ3) is 5.99. The number of ether oxygens (including phenoxy) is 2. The number of tetrazole rings is 1. The molecule has 0 unspecified atom stereocenters. The van der Waals surface area contributed by atoms with Crippen molar-refractivity contribution >= 4 is 10.9 Å². The molecule has 0 fully saturated rings. The average molecular weight is 525 g/mol. The van der Waals surface area contributed by atoms with Crippen LogP contribution in [0, 0.1) is 0 Å². The Morgan fingerprint density at radius 2 is 1.64 bits per heavy atom. The lowest BCUT2D eigenvalue weighted by Gasteiger charge is -2.30. The van der Waals surface area contributed by atoms with E-state index in [0.717, 1.165) is 45.8 Å². The van der Waals surface area contributed by atoms with Crippen LogP contribution in [0.3, 0.4) is 0 Å². The van der Waals surface area contributed by atoms with Crippen molar-refractivity contribution in [1.29, 1.82) is 0 Å². The highest BCUT2D eigenvalue weighted by atomic mass is 16.5. The lowest BCUT2D eigenvalue weighted by atomic mass is 10.1. The van der Waals surface area contributed by atoms with Gasteiger partial charge in [-0.3, -0.25) is 9.69 Å². The van der Waals surface area contributed by atoms with Crippen LogP contribution < -0.4 is 15.0 Å². The summed E-state index contributed by atoms with van der Waals surface area (Å²) in [7, 11) is 3.29. The minimum absolute atomic E-state index is 0.113. The Hall–Kier alpha value is -4.50. The number of aromatic amines is 1. The highest BCUT2D eigenvalue weighted by Crippen LogP contribution is 2.27. The van der Waals surface area contributed by atoms with E-state index in [1.54, 1.807) is 14.2 Å². The Morgan fingerprint density at radius 3 is 2.36 bits per heavy atom. The molecule has 9 heteroatoms. The number of H-pyrrole nitrogens is 1. The summed E-state index contributed by atoms with van der Waals surface area (Å²) in [6, 6.07) is 25.6. The van der Waals surface area contributed by atoms with Crippen LogP contribution in [0.1, 0.15) is 41.9 Å². The average Bonchev–Trinajstić information content (AvgIpc) is 3.42. The van der Waals surface area contributed by atoms with Gasteiger partial charge in [-0.1, -0.05) is 49.4 Å². The van der Waals surface area contributed by atoms with Gasteiger partial charge in [-0.2, -0.15) is 0 Å². The summed E-state index contributed by atoms with van der Waals surface area (Å²) in [6.45, 7) is 3.69. The van der Waals surface area contributed by atoms with E-state index in [0.29, 0.717) is 25.2 Å². The summed E-state index contributed by atoms with van der Waals surface area (Å²) in [4.78, 5) is 18.5. The molecule has 0 saturated carbocycles. The minimum atomic E-state index is -0.126. The van der Waals surface area contributed by atoms with Crippen LogP contribution in [0.25, 0.3) is 10.9 Å². The maximum Gasteiger partial charge on any atom is 0.252 e. The van der Waals surface area contributed by atoms with E-state index < -0.39 is 0 Å². The predicted molar refractivity (Wildman–Crippen MR) is 150 cm³/mol. The Balaban J connectivity index is 1.50. The standard InChI is InChI=1S/C30H32N6O3/c1-4-28(29-32-33-34-36(29)19-22-10-12-25(38-2)13-11-22)35(18-21-8-6-5-7-9-21)20-24-16-23-17-26(39-3)14-15-27(23)31-30(24)37/h5-17,28H,4,18-20H2,1-3H3,(H,31,37)/t28-/m0/s1. The molecule has 39 heavy (non-hydrogen) atoms. The van der Waals surface area contributed by atoms with Crippen LogP contribution in [0.15, 0.2) is 83.7 Å². The summed E-state index contributed by atoms with van der Waals surface area (Å²) in [6.07, 6.45) is 0.759. The number of nitrogens with one attached hydrogen (secondary N) is 1. The molecular formula is C30H32N6O3. The van der Waals surface area contributed by atoms with E-state index in [4.69, 9.17) is 9.47 Å². The zero-order valence-corrected chi connectivity index (χ0v) is 22.4. The van der Waals surface area contributed by atoms with Crippen molar-refractivity contribution in [3.63, 3.8) is 0 Å². The summed E-state index contributed by atoms with van der Waals surface area (Å²) in [5.74, 6) is 2.29. The van der Waals surface area contributed by atoms with Gasteiger partial charge in [0.05, 0.1) is 26.8 Å². The van der Waals surface area contributed by atoms with Crippen molar-refractivity contribution in [3.05, 3.63) is 112 Å². The minimum Gasteiger partial charge on any atom is -0.497 e. The second-order valence-corrected chi connectivity index (χ2v) is 9.43. The number of pyridine rings is 1. The predicted octanol–water partition coefficient (Wildman–Crippen LogP) is 4.73. The van der Waals surface area contributed by atoms with Crippen LogP contribution in [0.4, 0.5) is 0 Å².